The van der Waals surface area contributed by atoms with Crippen LogP contribution < -0.4 is 4.74 Å². The second-order valence-electron chi connectivity index (χ2n) is 14.5. The van der Waals surface area contributed by atoms with Crippen molar-refractivity contribution in [3.8, 4) is 34.1 Å². The molecule has 48 heavy (non-hydrogen) atoms. The molecule has 0 bridgehead atoms. The fourth-order valence-electron chi connectivity index (χ4n) is 6.68. The Morgan fingerprint density at radius 1 is 0.750 bits per heavy atom. The lowest BCUT2D eigenvalue weighted by Gasteiger charge is -2.17. The summed E-state index contributed by atoms with van der Waals surface area (Å²) in [5.41, 5.74) is 10.5. The molecule has 4 aromatic carbocycles. The molecule has 0 aliphatic heterocycles. The van der Waals surface area contributed by atoms with Crippen molar-refractivity contribution in [3.63, 3.8) is 0 Å². The molecule has 0 aliphatic rings. The molecule has 0 atom stereocenters. The molecule has 7 aromatic rings. The highest BCUT2D eigenvalue weighted by Crippen LogP contribution is 2.37. The Balaban J connectivity index is 1.29. The number of aromatic nitrogens is 4. The summed E-state index contributed by atoms with van der Waals surface area (Å²) in [7, 11) is 0. The highest BCUT2D eigenvalue weighted by Gasteiger charge is 2.18. The predicted octanol–water partition coefficient (Wildman–Crippen LogP) is 11.5. The molecule has 0 amide bonds. The second kappa shape index (κ2) is 12.5. The smallest absolute Gasteiger partial charge is 0.137 e. The van der Waals surface area contributed by atoms with Crippen molar-refractivity contribution in [2.24, 2.45) is 5.41 Å². The van der Waals surface area contributed by atoms with Crippen LogP contribution in [0.15, 0.2) is 109 Å². The number of pyridine rings is 1. The average Bonchev–Trinajstić information content (AvgIpc) is 3.56. The summed E-state index contributed by atoms with van der Waals surface area (Å²) in [6.45, 7) is 15.6. The van der Waals surface area contributed by atoms with Crippen molar-refractivity contribution >= 4 is 21.8 Å². The van der Waals surface area contributed by atoms with Crippen LogP contribution in [0.2, 0.25) is 0 Å². The van der Waals surface area contributed by atoms with Crippen LogP contribution in [0.3, 0.4) is 0 Å². The Bertz CT molecular complexity index is 2250. The van der Waals surface area contributed by atoms with Crippen LogP contribution in [-0.4, -0.2) is 19.3 Å². The van der Waals surface area contributed by atoms with Crippen molar-refractivity contribution < 1.29 is 4.74 Å². The van der Waals surface area contributed by atoms with Crippen molar-refractivity contribution in [2.45, 2.75) is 67.2 Å². The van der Waals surface area contributed by atoms with Crippen LogP contribution in [0, 0.1) is 19.3 Å². The Hall–Kier alpha value is -5.16. The topological polar surface area (TPSA) is 44.9 Å². The Morgan fingerprint density at radius 2 is 1.54 bits per heavy atom. The molecule has 0 N–H and O–H groups in total. The van der Waals surface area contributed by atoms with Gasteiger partial charge in [0.05, 0.1) is 22.4 Å². The first-order valence-corrected chi connectivity index (χ1v) is 17.0. The third-order valence-electron chi connectivity index (χ3n) is 9.28. The van der Waals surface area contributed by atoms with Gasteiger partial charge in [-0.2, -0.15) is 5.10 Å². The molecule has 0 unspecified atom stereocenters. The Morgan fingerprint density at radius 3 is 2.31 bits per heavy atom. The molecular weight excluding hydrogens is 589 g/mol. The molecule has 0 spiro atoms. The third-order valence-corrected chi connectivity index (χ3v) is 9.28. The number of fused-ring (bicyclic) bond motifs is 3. The van der Waals surface area contributed by atoms with E-state index in [2.05, 4.69) is 138 Å². The van der Waals surface area contributed by atoms with Gasteiger partial charge in [-0.05, 0) is 103 Å². The molecule has 0 saturated carbocycles. The van der Waals surface area contributed by atoms with E-state index in [9.17, 15) is 0 Å². The maximum absolute atomic E-state index is 6.58. The zero-order valence-corrected chi connectivity index (χ0v) is 29.1. The predicted molar refractivity (Wildman–Crippen MR) is 199 cm³/mol. The zero-order chi connectivity index (χ0) is 33.6. The normalized spacial score (nSPS) is 12.0. The average molecular weight is 633 g/mol. The lowest BCUT2D eigenvalue weighted by Crippen LogP contribution is -2.06. The summed E-state index contributed by atoms with van der Waals surface area (Å²) in [5, 5.41) is 7.35. The van der Waals surface area contributed by atoms with Gasteiger partial charge in [-0.1, -0.05) is 77.1 Å². The molecule has 3 heterocycles. The minimum absolute atomic E-state index is 0.285. The maximum Gasteiger partial charge on any atom is 0.137 e. The molecule has 242 valence electrons. The van der Waals surface area contributed by atoms with Crippen molar-refractivity contribution in [1.29, 1.82) is 0 Å². The van der Waals surface area contributed by atoms with E-state index in [4.69, 9.17) is 14.8 Å². The number of nitrogens with zero attached hydrogens (tertiary/aromatic N) is 4. The first kappa shape index (κ1) is 31.4. The quantitative estimate of drug-likeness (QED) is 0.167. The molecule has 5 heteroatoms. The largest absolute Gasteiger partial charge is 0.457 e. The lowest BCUT2D eigenvalue weighted by atomic mass is 9.88. The first-order chi connectivity index (χ1) is 23.1. The van der Waals surface area contributed by atoms with Gasteiger partial charge in [-0.15, -0.1) is 0 Å². The fourth-order valence-corrected chi connectivity index (χ4v) is 6.68. The highest BCUT2D eigenvalue weighted by atomic mass is 16.5. The van der Waals surface area contributed by atoms with Gasteiger partial charge in [0.25, 0.3) is 0 Å². The summed E-state index contributed by atoms with van der Waals surface area (Å²) >= 11 is 0. The SMILES string of the molecule is Cc1nn(-c2cccc(Oc3ccc4c5cc(CCC(C)(C)C)ccc5n(-c5cc(C(C)C)ccn5)c4c3)c2)c(C)c1-c1ccccc1. The van der Waals surface area contributed by atoms with Crippen LogP contribution in [0.5, 0.6) is 11.5 Å². The standard InChI is InChI=1S/C43H44N4O/c1-28(2)33-21-23-44-41(25-33)46-39-19-16-31(20-22-43(5,6)7)24-38(39)37-18-17-36(27-40(37)46)48-35-15-11-14-34(26-35)47-30(4)42(29(3)45-47)32-12-9-8-10-13-32/h8-19,21,23-28H,20,22H2,1-7H3. The Labute approximate surface area is 283 Å². The van der Waals surface area contributed by atoms with Gasteiger partial charge < -0.3 is 4.74 Å². The highest BCUT2D eigenvalue weighted by molar-refractivity contribution is 6.09. The van der Waals surface area contributed by atoms with E-state index >= 15 is 0 Å². The second-order valence-corrected chi connectivity index (χ2v) is 14.5. The zero-order valence-electron chi connectivity index (χ0n) is 29.1. The molecule has 5 nitrogen and oxygen atoms in total. The van der Waals surface area contributed by atoms with Crippen molar-refractivity contribution in [3.05, 3.63) is 132 Å². The van der Waals surface area contributed by atoms with Gasteiger partial charge >= 0.3 is 0 Å². The summed E-state index contributed by atoms with van der Waals surface area (Å²) in [4.78, 5) is 4.87. The monoisotopic (exact) mass is 632 g/mol. The van der Waals surface area contributed by atoms with Crippen LogP contribution in [-0.2, 0) is 6.42 Å². The summed E-state index contributed by atoms with van der Waals surface area (Å²) in [6, 6.07) is 36.3. The number of benzene rings is 4. The lowest BCUT2D eigenvalue weighted by molar-refractivity contribution is 0.378. The third kappa shape index (κ3) is 6.13. The van der Waals surface area contributed by atoms with E-state index in [1.807, 2.05) is 29.1 Å². The number of aryl methyl sites for hydroxylation is 2. The number of hydrogen-bond donors (Lipinski definition) is 0. The maximum atomic E-state index is 6.58. The van der Waals surface area contributed by atoms with E-state index in [0.717, 1.165) is 63.8 Å². The van der Waals surface area contributed by atoms with E-state index in [1.54, 1.807) is 0 Å². The van der Waals surface area contributed by atoms with Gasteiger partial charge in [-0.3, -0.25) is 4.57 Å². The summed E-state index contributed by atoms with van der Waals surface area (Å²) < 4.78 is 10.9. The summed E-state index contributed by atoms with van der Waals surface area (Å²) in [5.74, 6) is 2.85. The van der Waals surface area contributed by atoms with Gasteiger partial charge in [0, 0.05) is 40.4 Å². The number of ether oxygens (including phenoxy) is 1. The molecule has 0 saturated heterocycles. The van der Waals surface area contributed by atoms with Crippen LogP contribution in [0.4, 0.5) is 0 Å². The minimum Gasteiger partial charge on any atom is -0.457 e. The van der Waals surface area contributed by atoms with Gasteiger partial charge in [-0.25, -0.2) is 9.67 Å². The molecule has 7 rings (SSSR count). The van der Waals surface area contributed by atoms with Crippen LogP contribution in [0.1, 0.15) is 69.5 Å². The van der Waals surface area contributed by atoms with E-state index in [-0.39, 0.29) is 5.41 Å². The van der Waals surface area contributed by atoms with Gasteiger partial charge in [0.2, 0.25) is 0 Å². The van der Waals surface area contributed by atoms with E-state index in [0.29, 0.717) is 5.92 Å². The first-order valence-electron chi connectivity index (χ1n) is 17.0. The van der Waals surface area contributed by atoms with Crippen LogP contribution in [0.25, 0.3) is 44.4 Å². The molecule has 0 aliphatic carbocycles. The van der Waals surface area contributed by atoms with Gasteiger partial charge in [0.15, 0.2) is 0 Å². The van der Waals surface area contributed by atoms with E-state index < -0.39 is 0 Å². The van der Waals surface area contributed by atoms with Crippen molar-refractivity contribution in [2.75, 3.05) is 0 Å². The Kier molecular flexibility index (Phi) is 8.16. The minimum atomic E-state index is 0.285. The molecule has 0 fully saturated rings. The van der Waals surface area contributed by atoms with Crippen molar-refractivity contribution in [1.82, 2.24) is 19.3 Å². The van der Waals surface area contributed by atoms with Gasteiger partial charge in [0.1, 0.15) is 17.3 Å². The molecule has 3 aromatic heterocycles. The summed E-state index contributed by atoms with van der Waals surface area (Å²) in [6.07, 6.45) is 4.11. The number of hydrogen-bond acceptors (Lipinski definition) is 3. The van der Waals surface area contributed by atoms with Crippen LogP contribution >= 0.6 is 0 Å². The van der Waals surface area contributed by atoms with E-state index in [1.165, 1.54) is 27.5 Å². The molecule has 0 radical (unpaired) electrons. The molecular formula is C43H44N4O. The number of rotatable bonds is 8. The fraction of sp³-hybridized carbons (Fsp3) is 0.256.